The van der Waals surface area contributed by atoms with Crippen molar-refractivity contribution in [3.63, 3.8) is 0 Å². The zero-order valence-electron chi connectivity index (χ0n) is 17.4. The summed E-state index contributed by atoms with van der Waals surface area (Å²) in [5.74, 6) is -0.274. The zero-order chi connectivity index (χ0) is 22.3. The highest BCUT2D eigenvalue weighted by molar-refractivity contribution is 6.30. The van der Waals surface area contributed by atoms with E-state index in [9.17, 15) is 9.59 Å². The van der Waals surface area contributed by atoms with Crippen molar-refractivity contribution in [1.29, 1.82) is 0 Å². The first-order valence-corrected chi connectivity index (χ1v) is 10.1. The summed E-state index contributed by atoms with van der Waals surface area (Å²) in [7, 11) is 0. The Morgan fingerprint density at radius 2 is 1.77 bits per heavy atom. The quantitative estimate of drug-likeness (QED) is 0.450. The number of aromatic amines is 1. The average molecular weight is 436 g/mol. The molecule has 0 aliphatic carbocycles. The number of carbonyl (C=O) groups is 1. The van der Waals surface area contributed by atoms with E-state index in [1.165, 1.54) is 4.68 Å². The first kappa shape index (κ1) is 20.8. The standard InChI is InChI=1S/C23H22ClN5O2/c1-13-19(14-4-8-16(9-5-14)27-22(31)23(2,3)25)20-18(12-26-13)21(30)29(28-20)17-10-6-15(24)7-11-17/h4-12,28H,25H2,1-3H3,(H,27,31). The van der Waals surface area contributed by atoms with Gasteiger partial charge in [0.1, 0.15) is 0 Å². The van der Waals surface area contributed by atoms with Gasteiger partial charge in [-0.25, -0.2) is 4.68 Å². The predicted molar refractivity (Wildman–Crippen MR) is 124 cm³/mol. The van der Waals surface area contributed by atoms with Gasteiger partial charge in [0.25, 0.3) is 5.56 Å². The van der Waals surface area contributed by atoms with Crippen LogP contribution in [0.5, 0.6) is 0 Å². The van der Waals surface area contributed by atoms with Gasteiger partial charge in [-0.1, -0.05) is 23.7 Å². The normalized spacial score (nSPS) is 11.6. The minimum atomic E-state index is -0.977. The molecule has 2 heterocycles. The van der Waals surface area contributed by atoms with E-state index < -0.39 is 5.54 Å². The van der Waals surface area contributed by atoms with Crippen LogP contribution in [0.1, 0.15) is 19.5 Å². The van der Waals surface area contributed by atoms with Crippen LogP contribution in [0.3, 0.4) is 0 Å². The molecule has 7 nitrogen and oxygen atoms in total. The number of anilines is 1. The Hall–Kier alpha value is -3.42. The number of nitrogens with one attached hydrogen (secondary N) is 2. The number of pyridine rings is 1. The van der Waals surface area contributed by atoms with Gasteiger partial charge >= 0.3 is 0 Å². The lowest BCUT2D eigenvalue weighted by Crippen LogP contribution is -2.45. The van der Waals surface area contributed by atoms with Gasteiger partial charge in [0.05, 0.1) is 22.1 Å². The largest absolute Gasteiger partial charge is 0.325 e. The molecule has 0 aliphatic heterocycles. The van der Waals surface area contributed by atoms with Crippen molar-refractivity contribution in [3.8, 4) is 16.8 Å². The number of carbonyl (C=O) groups excluding carboxylic acids is 1. The summed E-state index contributed by atoms with van der Waals surface area (Å²) in [5, 5.41) is 7.09. The van der Waals surface area contributed by atoms with Crippen LogP contribution in [0.2, 0.25) is 5.02 Å². The van der Waals surface area contributed by atoms with Crippen LogP contribution < -0.4 is 16.6 Å². The first-order chi connectivity index (χ1) is 14.6. The smallest absolute Gasteiger partial charge is 0.280 e. The lowest BCUT2D eigenvalue weighted by atomic mass is 10.0. The molecule has 0 atom stereocenters. The van der Waals surface area contributed by atoms with Gasteiger partial charge < -0.3 is 11.1 Å². The predicted octanol–water partition coefficient (Wildman–Crippen LogP) is 4.02. The molecule has 0 saturated heterocycles. The van der Waals surface area contributed by atoms with Crippen LogP contribution in [0.25, 0.3) is 27.7 Å². The molecular weight excluding hydrogens is 414 g/mol. The van der Waals surface area contributed by atoms with Crippen molar-refractivity contribution in [2.45, 2.75) is 26.3 Å². The number of benzene rings is 2. The van der Waals surface area contributed by atoms with Crippen LogP contribution in [-0.2, 0) is 4.79 Å². The maximum Gasteiger partial charge on any atom is 0.280 e. The van der Waals surface area contributed by atoms with E-state index >= 15 is 0 Å². The second-order valence-corrected chi connectivity index (χ2v) is 8.43. The number of fused-ring (bicyclic) bond motifs is 1. The maximum absolute atomic E-state index is 13.0. The van der Waals surface area contributed by atoms with E-state index in [2.05, 4.69) is 15.4 Å². The fraction of sp³-hybridized carbons (Fsp3) is 0.174. The van der Waals surface area contributed by atoms with Crippen molar-refractivity contribution in [2.24, 2.45) is 5.73 Å². The molecule has 158 valence electrons. The number of hydrogen-bond acceptors (Lipinski definition) is 4. The van der Waals surface area contributed by atoms with E-state index in [-0.39, 0.29) is 11.5 Å². The lowest BCUT2D eigenvalue weighted by molar-refractivity contribution is -0.120. The fourth-order valence-electron chi connectivity index (χ4n) is 3.30. The molecule has 0 spiro atoms. The number of rotatable bonds is 4. The van der Waals surface area contributed by atoms with Gasteiger partial charge in [-0.2, -0.15) is 0 Å². The molecule has 0 aliphatic rings. The van der Waals surface area contributed by atoms with Crippen molar-refractivity contribution < 1.29 is 4.79 Å². The number of hydrogen-bond donors (Lipinski definition) is 3. The Balaban J connectivity index is 1.78. The molecule has 4 N–H and O–H groups in total. The van der Waals surface area contributed by atoms with E-state index in [4.69, 9.17) is 17.3 Å². The molecule has 2 aromatic carbocycles. The molecule has 0 bridgehead atoms. The summed E-state index contributed by atoms with van der Waals surface area (Å²) >= 11 is 5.97. The summed E-state index contributed by atoms with van der Waals surface area (Å²) in [6.45, 7) is 5.18. The first-order valence-electron chi connectivity index (χ1n) is 9.72. The van der Waals surface area contributed by atoms with Gasteiger partial charge in [0, 0.05) is 28.2 Å². The number of nitrogens with two attached hydrogens (primary N) is 1. The number of halogens is 1. The summed E-state index contributed by atoms with van der Waals surface area (Å²) in [6.07, 6.45) is 1.58. The molecule has 4 aromatic rings. The second kappa shape index (κ2) is 7.68. The van der Waals surface area contributed by atoms with Crippen LogP contribution in [0, 0.1) is 6.92 Å². The Kier molecular flexibility index (Phi) is 5.16. The third-order valence-electron chi connectivity index (χ3n) is 5.03. The highest BCUT2D eigenvalue weighted by atomic mass is 35.5. The van der Waals surface area contributed by atoms with Gasteiger partial charge in [-0.15, -0.1) is 0 Å². The van der Waals surface area contributed by atoms with Crippen LogP contribution in [0.4, 0.5) is 5.69 Å². The fourth-order valence-corrected chi connectivity index (χ4v) is 3.43. The Morgan fingerprint density at radius 1 is 1.13 bits per heavy atom. The molecule has 2 aromatic heterocycles. The number of amides is 1. The summed E-state index contributed by atoms with van der Waals surface area (Å²) in [5.41, 5.74) is 9.13. The highest BCUT2D eigenvalue weighted by Gasteiger charge is 2.22. The lowest BCUT2D eigenvalue weighted by Gasteiger charge is -2.18. The number of aromatic nitrogens is 3. The number of H-pyrrole nitrogens is 1. The minimum Gasteiger partial charge on any atom is -0.325 e. The molecule has 4 rings (SSSR count). The summed E-state index contributed by atoms with van der Waals surface area (Å²) in [6, 6.07) is 14.4. The third kappa shape index (κ3) is 3.97. The zero-order valence-corrected chi connectivity index (χ0v) is 18.1. The number of aryl methyl sites for hydroxylation is 1. The van der Waals surface area contributed by atoms with Crippen LogP contribution in [-0.4, -0.2) is 26.2 Å². The van der Waals surface area contributed by atoms with Crippen LogP contribution >= 0.6 is 11.6 Å². The van der Waals surface area contributed by atoms with E-state index in [1.807, 2.05) is 19.1 Å². The molecule has 0 fully saturated rings. The second-order valence-electron chi connectivity index (χ2n) is 7.99. The topological polar surface area (TPSA) is 106 Å². The Labute approximate surface area is 183 Å². The van der Waals surface area contributed by atoms with Crippen molar-refractivity contribution in [2.75, 3.05) is 5.32 Å². The number of nitrogens with zero attached hydrogens (tertiary/aromatic N) is 2. The molecule has 31 heavy (non-hydrogen) atoms. The minimum absolute atomic E-state index is 0.194. The summed E-state index contributed by atoms with van der Waals surface area (Å²) in [4.78, 5) is 29.5. The van der Waals surface area contributed by atoms with E-state index in [0.29, 0.717) is 27.3 Å². The Morgan fingerprint density at radius 3 is 2.39 bits per heavy atom. The molecule has 0 radical (unpaired) electrons. The molecule has 8 heteroatoms. The van der Waals surface area contributed by atoms with Gasteiger partial charge in [0.2, 0.25) is 5.91 Å². The van der Waals surface area contributed by atoms with Gasteiger partial charge in [-0.3, -0.25) is 19.7 Å². The maximum atomic E-state index is 13.0. The molecular formula is C23H22ClN5O2. The summed E-state index contributed by atoms with van der Waals surface area (Å²) < 4.78 is 1.48. The Bertz CT molecular complexity index is 1330. The van der Waals surface area contributed by atoms with Gasteiger partial charge in [0.15, 0.2) is 0 Å². The van der Waals surface area contributed by atoms with Crippen molar-refractivity contribution >= 4 is 34.1 Å². The van der Waals surface area contributed by atoms with Crippen molar-refractivity contribution in [3.05, 3.63) is 75.8 Å². The van der Waals surface area contributed by atoms with E-state index in [0.717, 1.165) is 16.8 Å². The monoisotopic (exact) mass is 435 g/mol. The molecule has 0 unspecified atom stereocenters. The van der Waals surface area contributed by atoms with Gasteiger partial charge in [-0.05, 0) is 62.7 Å². The SMILES string of the molecule is Cc1ncc2c(=O)n(-c3ccc(Cl)cc3)[nH]c2c1-c1ccc(NC(=O)C(C)(C)N)cc1. The highest BCUT2D eigenvalue weighted by Crippen LogP contribution is 2.30. The van der Waals surface area contributed by atoms with E-state index in [1.54, 1.807) is 56.4 Å². The van der Waals surface area contributed by atoms with Crippen LogP contribution in [0.15, 0.2) is 59.5 Å². The third-order valence-corrected chi connectivity index (χ3v) is 5.28. The molecule has 0 saturated carbocycles. The van der Waals surface area contributed by atoms with Crippen molar-refractivity contribution in [1.82, 2.24) is 14.8 Å². The molecule has 1 amide bonds. The average Bonchev–Trinajstić information content (AvgIpc) is 3.05.